The normalized spacial score (nSPS) is 10.8. The number of carbonyl (C=O) groups is 1. The van der Waals surface area contributed by atoms with Crippen LogP contribution in [-0.4, -0.2) is 12.1 Å². The van der Waals surface area contributed by atoms with Gasteiger partial charge in [-0.25, -0.2) is 5.43 Å². The first-order valence-corrected chi connectivity index (χ1v) is 10.1. The molecule has 0 spiro atoms. The summed E-state index contributed by atoms with van der Waals surface area (Å²) in [5.41, 5.74) is 4.59. The van der Waals surface area contributed by atoms with Crippen molar-refractivity contribution in [3.05, 3.63) is 97.0 Å². The van der Waals surface area contributed by atoms with E-state index in [0.717, 1.165) is 9.13 Å². The molecule has 0 saturated carbocycles. The first-order chi connectivity index (χ1) is 13.5. The van der Waals surface area contributed by atoms with Crippen LogP contribution in [0.2, 0.25) is 10.0 Å². The molecule has 0 saturated heterocycles. The largest absolute Gasteiger partial charge is 0.487 e. The van der Waals surface area contributed by atoms with Crippen molar-refractivity contribution in [1.82, 2.24) is 5.43 Å². The second-order valence-electron chi connectivity index (χ2n) is 5.79. The lowest BCUT2D eigenvalue weighted by Gasteiger charge is -2.11. The van der Waals surface area contributed by atoms with Crippen LogP contribution in [0, 0.1) is 3.57 Å². The van der Waals surface area contributed by atoms with E-state index in [4.69, 9.17) is 27.9 Å². The Bertz CT molecular complexity index is 1010. The van der Waals surface area contributed by atoms with E-state index in [1.54, 1.807) is 24.3 Å². The zero-order valence-electron chi connectivity index (χ0n) is 14.5. The number of hydrogen-bond donors (Lipinski definition) is 1. The molecule has 0 aliphatic heterocycles. The first-order valence-electron chi connectivity index (χ1n) is 8.27. The Morgan fingerprint density at radius 2 is 1.86 bits per heavy atom. The van der Waals surface area contributed by atoms with Gasteiger partial charge in [-0.3, -0.25) is 4.79 Å². The van der Waals surface area contributed by atoms with E-state index < -0.39 is 0 Å². The van der Waals surface area contributed by atoms with Gasteiger partial charge in [-0.15, -0.1) is 0 Å². The Kier molecular flexibility index (Phi) is 7.30. The summed E-state index contributed by atoms with van der Waals surface area (Å²) in [6.45, 7) is 0.345. The van der Waals surface area contributed by atoms with Crippen LogP contribution in [0.5, 0.6) is 5.75 Å². The Morgan fingerprint density at radius 3 is 2.61 bits per heavy atom. The Balaban J connectivity index is 1.75. The molecule has 7 heteroatoms. The van der Waals surface area contributed by atoms with E-state index in [0.29, 0.717) is 33.5 Å². The minimum atomic E-state index is -0.311. The summed E-state index contributed by atoms with van der Waals surface area (Å²) in [5, 5.41) is 4.84. The third kappa shape index (κ3) is 5.70. The highest BCUT2D eigenvalue weighted by atomic mass is 127. The van der Waals surface area contributed by atoms with Crippen molar-refractivity contribution < 1.29 is 9.53 Å². The maximum atomic E-state index is 12.2. The number of amides is 1. The van der Waals surface area contributed by atoms with E-state index in [9.17, 15) is 4.79 Å². The van der Waals surface area contributed by atoms with Crippen molar-refractivity contribution in [3.63, 3.8) is 0 Å². The lowest BCUT2D eigenvalue weighted by Crippen LogP contribution is -2.17. The second-order valence-corrected chi connectivity index (χ2v) is 7.88. The second kappa shape index (κ2) is 9.91. The molecule has 0 atom stereocenters. The third-order valence-electron chi connectivity index (χ3n) is 3.72. The van der Waals surface area contributed by atoms with E-state index in [1.165, 1.54) is 6.21 Å². The highest BCUT2D eigenvalue weighted by Crippen LogP contribution is 2.32. The number of rotatable bonds is 6. The van der Waals surface area contributed by atoms with E-state index in [-0.39, 0.29) is 5.91 Å². The number of carbonyl (C=O) groups excluding carboxylic acids is 1. The van der Waals surface area contributed by atoms with E-state index in [1.807, 2.05) is 42.5 Å². The molecule has 0 fully saturated rings. The standard InChI is InChI=1S/C21H15Cl2IN2O2/c22-17-9-16(12-25-26-21(27)15-7-4-8-18(24)10-15)20(19(23)11-17)28-13-14-5-2-1-3-6-14/h1-12H,13H2,(H,26,27)/b25-12-. The summed E-state index contributed by atoms with van der Waals surface area (Å²) < 4.78 is 6.84. The minimum Gasteiger partial charge on any atom is -0.487 e. The molecule has 3 rings (SSSR count). The van der Waals surface area contributed by atoms with Gasteiger partial charge in [-0.2, -0.15) is 5.10 Å². The lowest BCUT2D eigenvalue weighted by molar-refractivity contribution is 0.0955. The topological polar surface area (TPSA) is 50.7 Å². The van der Waals surface area contributed by atoms with Crippen LogP contribution in [-0.2, 0) is 6.61 Å². The fourth-order valence-corrected chi connectivity index (χ4v) is 3.52. The van der Waals surface area contributed by atoms with Crippen molar-refractivity contribution in [3.8, 4) is 5.75 Å². The summed E-state index contributed by atoms with van der Waals surface area (Å²) in [6.07, 6.45) is 1.46. The van der Waals surface area contributed by atoms with Crippen molar-refractivity contribution in [2.75, 3.05) is 0 Å². The average Bonchev–Trinajstić information content (AvgIpc) is 2.68. The molecule has 0 aliphatic carbocycles. The molecule has 3 aromatic carbocycles. The average molecular weight is 525 g/mol. The zero-order chi connectivity index (χ0) is 19.9. The Labute approximate surface area is 186 Å². The highest BCUT2D eigenvalue weighted by Gasteiger charge is 2.11. The molecule has 142 valence electrons. The van der Waals surface area contributed by atoms with Crippen molar-refractivity contribution >= 4 is 57.9 Å². The van der Waals surface area contributed by atoms with Gasteiger partial charge in [-0.1, -0.05) is 59.6 Å². The molecular weight excluding hydrogens is 510 g/mol. The molecule has 3 aromatic rings. The van der Waals surface area contributed by atoms with Gasteiger partial charge in [0.1, 0.15) is 12.4 Å². The fraction of sp³-hybridized carbons (Fsp3) is 0.0476. The van der Waals surface area contributed by atoms with Crippen LogP contribution in [0.15, 0.2) is 71.8 Å². The highest BCUT2D eigenvalue weighted by molar-refractivity contribution is 14.1. The number of nitrogens with one attached hydrogen (secondary N) is 1. The molecule has 1 amide bonds. The van der Waals surface area contributed by atoms with Crippen LogP contribution in [0.1, 0.15) is 21.5 Å². The summed E-state index contributed by atoms with van der Waals surface area (Å²) >= 11 is 14.5. The summed E-state index contributed by atoms with van der Waals surface area (Å²) in [5.74, 6) is 0.136. The van der Waals surface area contributed by atoms with Gasteiger partial charge >= 0.3 is 0 Å². The number of hydrazone groups is 1. The van der Waals surface area contributed by atoms with Crippen LogP contribution >= 0.6 is 45.8 Å². The van der Waals surface area contributed by atoms with Crippen LogP contribution in [0.4, 0.5) is 0 Å². The van der Waals surface area contributed by atoms with Gasteiger partial charge < -0.3 is 4.74 Å². The molecule has 0 aliphatic rings. The zero-order valence-corrected chi connectivity index (χ0v) is 18.2. The van der Waals surface area contributed by atoms with Crippen molar-refractivity contribution in [2.45, 2.75) is 6.61 Å². The van der Waals surface area contributed by atoms with Gasteiger partial charge in [0.2, 0.25) is 0 Å². The van der Waals surface area contributed by atoms with Gasteiger partial charge in [0.25, 0.3) is 5.91 Å². The maximum Gasteiger partial charge on any atom is 0.271 e. The van der Waals surface area contributed by atoms with E-state index >= 15 is 0 Å². The van der Waals surface area contributed by atoms with Gasteiger partial charge in [-0.05, 0) is 58.5 Å². The Morgan fingerprint density at radius 1 is 1.07 bits per heavy atom. The number of ether oxygens (including phenoxy) is 1. The smallest absolute Gasteiger partial charge is 0.271 e. The van der Waals surface area contributed by atoms with Gasteiger partial charge in [0.15, 0.2) is 0 Å². The fourth-order valence-electron chi connectivity index (χ4n) is 2.41. The van der Waals surface area contributed by atoms with Crippen LogP contribution in [0.3, 0.4) is 0 Å². The monoisotopic (exact) mass is 524 g/mol. The first kappa shape index (κ1) is 20.6. The van der Waals surface area contributed by atoms with Crippen LogP contribution in [0.25, 0.3) is 0 Å². The molecule has 28 heavy (non-hydrogen) atoms. The van der Waals surface area contributed by atoms with Crippen molar-refractivity contribution in [2.24, 2.45) is 5.10 Å². The number of halogens is 3. The van der Waals surface area contributed by atoms with E-state index in [2.05, 4.69) is 33.1 Å². The summed E-state index contributed by atoms with van der Waals surface area (Å²) in [6, 6.07) is 20.2. The molecule has 1 N–H and O–H groups in total. The van der Waals surface area contributed by atoms with Crippen LogP contribution < -0.4 is 10.2 Å². The number of benzene rings is 3. The molecule has 0 heterocycles. The lowest BCUT2D eigenvalue weighted by atomic mass is 10.2. The molecule has 0 radical (unpaired) electrons. The molecule has 0 unspecified atom stereocenters. The van der Waals surface area contributed by atoms with Gasteiger partial charge in [0.05, 0.1) is 11.2 Å². The van der Waals surface area contributed by atoms with Crippen molar-refractivity contribution in [1.29, 1.82) is 0 Å². The molecule has 0 aromatic heterocycles. The predicted octanol–water partition coefficient (Wildman–Crippen LogP) is 5.94. The number of hydrogen-bond acceptors (Lipinski definition) is 3. The maximum absolute atomic E-state index is 12.2. The summed E-state index contributed by atoms with van der Waals surface area (Å²) in [4.78, 5) is 12.2. The summed E-state index contributed by atoms with van der Waals surface area (Å²) in [7, 11) is 0. The minimum absolute atomic E-state index is 0.311. The molecule has 0 bridgehead atoms. The quantitative estimate of drug-likeness (QED) is 0.246. The number of nitrogens with zero attached hydrogens (tertiary/aromatic N) is 1. The third-order valence-corrected chi connectivity index (χ3v) is 4.89. The molecular formula is C21H15Cl2IN2O2. The Hall–Kier alpha value is -2.09. The predicted molar refractivity (Wildman–Crippen MR) is 121 cm³/mol. The molecule has 4 nitrogen and oxygen atoms in total. The SMILES string of the molecule is O=C(N/N=C\c1cc(Cl)cc(Cl)c1OCc1ccccc1)c1cccc(I)c1. The van der Waals surface area contributed by atoms with Gasteiger partial charge in [0, 0.05) is 19.7 Å².